The van der Waals surface area contributed by atoms with Crippen LogP contribution in [0.1, 0.15) is 11.8 Å². The summed E-state index contributed by atoms with van der Waals surface area (Å²) in [6, 6.07) is 0. The Balaban J connectivity index is 2.44. The number of rotatable bonds is 3. The van der Waals surface area contributed by atoms with E-state index in [2.05, 4.69) is 0 Å². The molecule has 0 saturated carbocycles. The van der Waals surface area contributed by atoms with Crippen LogP contribution in [0.5, 0.6) is 0 Å². The molecule has 20 heavy (non-hydrogen) atoms. The number of nitrogens with one attached hydrogen (secondary N) is 1. The fourth-order valence-electron chi connectivity index (χ4n) is 2.01. The van der Waals surface area contributed by atoms with Crippen molar-refractivity contribution in [3.8, 4) is 0 Å². The van der Waals surface area contributed by atoms with Gasteiger partial charge in [-0.2, -0.15) is 13.2 Å². The van der Waals surface area contributed by atoms with E-state index in [1.165, 1.54) is 0 Å². The van der Waals surface area contributed by atoms with Crippen molar-refractivity contribution in [2.45, 2.75) is 18.5 Å². The van der Waals surface area contributed by atoms with Crippen LogP contribution in [0.2, 0.25) is 0 Å². The van der Waals surface area contributed by atoms with E-state index in [4.69, 9.17) is 14.9 Å². The van der Waals surface area contributed by atoms with Crippen LogP contribution < -0.4 is 11.2 Å². The smallest absolute Gasteiger partial charge is 0.396 e. The maximum Gasteiger partial charge on any atom is 0.423 e. The van der Waals surface area contributed by atoms with Crippen LogP contribution in [0.3, 0.4) is 0 Å². The summed E-state index contributed by atoms with van der Waals surface area (Å²) in [5.74, 6) is -0.732. The number of aromatic amines is 1. The first-order chi connectivity index (χ1) is 9.29. The monoisotopic (exact) mass is 296 g/mol. The van der Waals surface area contributed by atoms with Gasteiger partial charge in [0.05, 0.1) is 25.2 Å². The Morgan fingerprint density at radius 1 is 1.30 bits per heavy atom. The van der Waals surface area contributed by atoms with Gasteiger partial charge in [0.15, 0.2) is 0 Å². The Kier molecular flexibility index (Phi) is 3.71. The Labute approximate surface area is 109 Å². The summed E-state index contributed by atoms with van der Waals surface area (Å²) in [6.07, 6.45) is -6.50. The molecule has 2 rings (SSSR count). The maximum absolute atomic E-state index is 12.6. The van der Waals surface area contributed by atoms with Gasteiger partial charge in [0.2, 0.25) is 0 Å². The van der Waals surface area contributed by atoms with E-state index >= 15 is 0 Å². The third kappa shape index (κ3) is 2.37. The number of alkyl halides is 3. The largest absolute Gasteiger partial charge is 0.423 e. The number of aliphatic hydroxyl groups is 2. The van der Waals surface area contributed by atoms with Gasteiger partial charge < -0.3 is 14.9 Å². The lowest BCUT2D eigenvalue weighted by Gasteiger charge is -2.43. The van der Waals surface area contributed by atoms with Crippen molar-refractivity contribution in [1.29, 1.82) is 0 Å². The minimum absolute atomic E-state index is 0.349. The van der Waals surface area contributed by atoms with Crippen molar-refractivity contribution in [3.63, 3.8) is 0 Å². The van der Waals surface area contributed by atoms with Gasteiger partial charge in [-0.3, -0.25) is 14.3 Å². The van der Waals surface area contributed by atoms with Crippen molar-refractivity contribution in [1.82, 2.24) is 9.55 Å². The molecule has 3 N–H and O–H groups in total. The number of ether oxygens (including phenoxy) is 1. The lowest BCUT2D eigenvalue weighted by molar-refractivity contribution is -0.246. The van der Waals surface area contributed by atoms with E-state index in [0.717, 1.165) is 0 Å². The summed E-state index contributed by atoms with van der Waals surface area (Å²) >= 11 is 0. The zero-order valence-corrected chi connectivity index (χ0v) is 9.92. The second-order valence-corrected chi connectivity index (χ2v) is 4.30. The molecule has 0 unspecified atom stereocenters. The summed E-state index contributed by atoms with van der Waals surface area (Å²) in [5.41, 5.74) is -4.16. The van der Waals surface area contributed by atoms with Crippen LogP contribution in [0.15, 0.2) is 15.8 Å². The van der Waals surface area contributed by atoms with Crippen molar-refractivity contribution in [3.05, 3.63) is 32.6 Å². The first-order valence-corrected chi connectivity index (χ1v) is 5.59. The van der Waals surface area contributed by atoms with E-state index < -0.39 is 54.5 Å². The highest BCUT2D eigenvalue weighted by molar-refractivity contribution is 5.10. The van der Waals surface area contributed by atoms with Gasteiger partial charge in [-0.05, 0) is 0 Å². The lowest BCUT2D eigenvalue weighted by Crippen LogP contribution is -2.53. The van der Waals surface area contributed by atoms with E-state index in [9.17, 15) is 22.8 Å². The Bertz CT molecular complexity index is 608. The van der Waals surface area contributed by atoms with Crippen molar-refractivity contribution < 1.29 is 28.1 Å². The zero-order chi connectivity index (χ0) is 15.1. The van der Waals surface area contributed by atoms with E-state index in [-0.39, 0.29) is 0 Å². The second kappa shape index (κ2) is 5.04. The van der Waals surface area contributed by atoms with Crippen LogP contribution in [0.4, 0.5) is 13.2 Å². The van der Waals surface area contributed by atoms with Gasteiger partial charge in [-0.1, -0.05) is 0 Å². The highest BCUT2D eigenvalue weighted by Crippen LogP contribution is 2.36. The topological polar surface area (TPSA) is 105 Å². The SMILES string of the molecule is O=c1[nH]c(=O)n([C@@H]2O[C@H](CO)[C@H]2CO)cc1C(F)(F)F. The number of H-pyrrole nitrogens is 1. The van der Waals surface area contributed by atoms with E-state index in [0.29, 0.717) is 10.8 Å². The standard InChI is InChI=1S/C10H11F3N2O5/c11-10(12,13)5-1-15(9(19)14-7(5)18)8-4(2-16)6(3-17)20-8/h1,4,6,8,16-17H,2-3H2,(H,14,18,19)/t4-,6-,8-/m1/s1. The van der Waals surface area contributed by atoms with Crippen LogP contribution in [0.25, 0.3) is 0 Å². The van der Waals surface area contributed by atoms with Gasteiger partial charge in [0.1, 0.15) is 11.8 Å². The molecule has 112 valence electrons. The molecule has 7 nitrogen and oxygen atoms in total. The summed E-state index contributed by atoms with van der Waals surface area (Å²) in [7, 11) is 0. The third-order valence-electron chi connectivity index (χ3n) is 3.10. The van der Waals surface area contributed by atoms with Crippen LogP contribution in [0, 0.1) is 5.92 Å². The highest BCUT2D eigenvalue weighted by atomic mass is 19.4. The molecular weight excluding hydrogens is 285 g/mol. The molecule has 1 aromatic heterocycles. The van der Waals surface area contributed by atoms with Gasteiger partial charge >= 0.3 is 11.9 Å². The van der Waals surface area contributed by atoms with Gasteiger partial charge in [-0.15, -0.1) is 0 Å². The highest BCUT2D eigenvalue weighted by Gasteiger charge is 2.44. The molecule has 1 saturated heterocycles. The molecule has 1 fully saturated rings. The predicted molar refractivity (Wildman–Crippen MR) is 57.9 cm³/mol. The number of aromatic nitrogens is 2. The number of halogens is 3. The molecule has 0 aromatic carbocycles. The Morgan fingerprint density at radius 3 is 2.45 bits per heavy atom. The molecule has 0 bridgehead atoms. The number of hydrogen-bond donors (Lipinski definition) is 3. The first kappa shape index (κ1) is 14.8. The lowest BCUT2D eigenvalue weighted by atomic mass is 9.95. The van der Waals surface area contributed by atoms with Crippen LogP contribution >= 0.6 is 0 Å². The molecule has 1 aromatic rings. The first-order valence-electron chi connectivity index (χ1n) is 5.59. The number of aliphatic hydroxyl groups excluding tert-OH is 2. The molecule has 10 heteroatoms. The summed E-state index contributed by atoms with van der Waals surface area (Å²) in [6.45, 7) is -0.922. The molecule has 0 spiro atoms. The third-order valence-corrected chi connectivity index (χ3v) is 3.10. The average molecular weight is 296 g/mol. The summed E-state index contributed by atoms with van der Waals surface area (Å²) < 4.78 is 43.4. The summed E-state index contributed by atoms with van der Waals surface area (Å²) in [4.78, 5) is 24.2. The van der Waals surface area contributed by atoms with Crippen molar-refractivity contribution in [2.75, 3.05) is 13.2 Å². The van der Waals surface area contributed by atoms with Crippen molar-refractivity contribution in [2.24, 2.45) is 5.92 Å². The number of nitrogens with zero attached hydrogens (tertiary/aromatic N) is 1. The van der Waals surface area contributed by atoms with Gasteiger partial charge in [0, 0.05) is 6.20 Å². The average Bonchev–Trinajstić information content (AvgIpc) is 2.29. The van der Waals surface area contributed by atoms with E-state index in [1.807, 2.05) is 0 Å². The fraction of sp³-hybridized carbons (Fsp3) is 0.600. The van der Waals surface area contributed by atoms with Crippen LogP contribution in [-0.4, -0.2) is 39.1 Å². The van der Waals surface area contributed by atoms with Crippen LogP contribution in [-0.2, 0) is 10.9 Å². The molecular formula is C10H11F3N2O5. The summed E-state index contributed by atoms with van der Waals surface area (Å²) in [5, 5.41) is 18.0. The molecule has 0 amide bonds. The Morgan fingerprint density at radius 2 is 1.95 bits per heavy atom. The van der Waals surface area contributed by atoms with E-state index in [1.54, 1.807) is 4.98 Å². The minimum atomic E-state index is -4.92. The maximum atomic E-state index is 12.6. The second-order valence-electron chi connectivity index (χ2n) is 4.30. The number of hydrogen-bond acceptors (Lipinski definition) is 5. The van der Waals surface area contributed by atoms with Crippen molar-refractivity contribution >= 4 is 0 Å². The molecule has 2 heterocycles. The predicted octanol–water partition coefficient (Wildman–Crippen LogP) is -0.946. The zero-order valence-electron chi connectivity index (χ0n) is 9.92. The normalized spacial score (nSPS) is 26.4. The molecule has 0 radical (unpaired) electrons. The molecule has 1 aliphatic heterocycles. The quantitative estimate of drug-likeness (QED) is 0.667. The Hall–Kier alpha value is -1.65. The molecule has 3 atom stereocenters. The fourth-order valence-corrected chi connectivity index (χ4v) is 2.01. The van der Waals surface area contributed by atoms with Gasteiger partial charge in [-0.25, -0.2) is 4.79 Å². The molecule has 0 aliphatic carbocycles. The van der Waals surface area contributed by atoms with Gasteiger partial charge in [0.25, 0.3) is 5.56 Å². The molecule has 1 aliphatic rings. The minimum Gasteiger partial charge on any atom is -0.396 e.